The van der Waals surface area contributed by atoms with Crippen LogP contribution in [0.25, 0.3) is 0 Å². The molecule has 1 fully saturated rings. The van der Waals surface area contributed by atoms with E-state index in [1.54, 1.807) is 14.2 Å². The fourth-order valence-corrected chi connectivity index (χ4v) is 2.69. The number of nitrogens with one attached hydrogen (secondary N) is 2. The summed E-state index contributed by atoms with van der Waals surface area (Å²) in [6.07, 6.45) is 1.88. The standard InChI is InChI=1S/C14H19BrN2O3/c1-19-12-6-9(10(15)7-13(12)20-2)8-17-11-4-3-5-16-14(11)18/h6-7,11,17H,3-5,8H2,1-2H3,(H,16,18)/t11-/m0/s1. The van der Waals surface area contributed by atoms with Gasteiger partial charge in [0, 0.05) is 17.6 Å². The van der Waals surface area contributed by atoms with Gasteiger partial charge in [0.05, 0.1) is 20.3 Å². The van der Waals surface area contributed by atoms with Crippen molar-refractivity contribution in [3.8, 4) is 11.5 Å². The molecule has 1 aromatic rings. The molecule has 110 valence electrons. The van der Waals surface area contributed by atoms with Crippen LogP contribution in [-0.2, 0) is 11.3 Å². The highest BCUT2D eigenvalue weighted by Gasteiger charge is 2.21. The normalized spacial score (nSPS) is 18.6. The Balaban J connectivity index is 2.07. The summed E-state index contributed by atoms with van der Waals surface area (Å²) in [4.78, 5) is 11.7. The van der Waals surface area contributed by atoms with E-state index >= 15 is 0 Å². The van der Waals surface area contributed by atoms with Crippen LogP contribution in [0.4, 0.5) is 0 Å². The molecule has 0 aliphatic carbocycles. The lowest BCUT2D eigenvalue weighted by atomic mass is 10.1. The van der Waals surface area contributed by atoms with Gasteiger partial charge in [-0.05, 0) is 30.5 Å². The molecule has 20 heavy (non-hydrogen) atoms. The zero-order valence-electron chi connectivity index (χ0n) is 11.7. The van der Waals surface area contributed by atoms with Gasteiger partial charge in [0.25, 0.3) is 0 Å². The van der Waals surface area contributed by atoms with Crippen molar-refractivity contribution >= 4 is 21.8 Å². The maximum Gasteiger partial charge on any atom is 0.237 e. The Hall–Kier alpha value is -1.27. The minimum absolute atomic E-state index is 0.0767. The van der Waals surface area contributed by atoms with Crippen LogP contribution in [-0.4, -0.2) is 32.7 Å². The lowest BCUT2D eigenvalue weighted by molar-refractivity contribution is -0.124. The first-order valence-corrected chi connectivity index (χ1v) is 7.36. The molecule has 1 heterocycles. The van der Waals surface area contributed by atoms with E-state index in [9.17, 15) is 4.79 Å². The Morgan fingerprint density at radius 1 is 1.35 bits per heavy atom. The fourth-order valence-electron chi connectivity index (χ4n) is 2.23. The number of hydrogen-bond donors (Lipinski definition) is 2. The average Bonchev–Trinajstić information content (AvgIpc) is 2.47. The average molecular weight is 343 g/mol. The Bertz CT molecular complexity index is 494. The first-order valence-electron chi connectivity index (χ1n) is 6.57. The van der Waals surface area contributed by atoms with Gasteiger partial charge in [-0.25, -0.2) is 0 Å². The molecule has 1 aromatic carbocycles. The van der Waals surface area contributed by atoms with Crippen molar-refractivity contribution in [3.63, 3.8) is 0 Å². The number of ether oxygens (including phenoxy) is 2. The predicted molar refractivity (Wildman–Crippen MR) is 80.1 cm³/mol. The predicted octanol–water partition coefficient (Wildman–Crippen LogP) is 1.83. The van der Waals surface area contributed by atoms with Crippen molar-refractivity contribution in [2.45, 2.75) is 25.4 Å². The number of hydrogen-bond acceptors (Lipinski definition) is 4. The SMILES string of the molecule is COc1cc(Br)c(CN[C@H]2CCCNC2=O)cc1OC. The first kappa shape index (κ1) is 15.1. The summed E-state index contributed by atoms with van der Waals surface area (Å²) in [5.74, 6) is 1.44. The van der Waals surface area contributed by atoms with E-state index in [1.807, 2.05) is 12.1 Å². The Kier molecular flexibility index (Phi) is 5.25. The lowest BCUT2D eigenvalue weighted by Crippen LogP contribution is -2.47. The number of rotatable bonds is 5. The Morgan fingerprint density at radius 2 is 2.05 bits per heavy atom. The van der Waals surface area contributed by atoms with Crippen LogP contribution in [0.3, 0.4) is 0 Å². The maximum absolute atomic E-state index is 11.7. The summed E-state index contributed by atoms with van der Waals surface area (Å²) in [6, 6.07) is 3.66. The van der Waals surface area contributed by atoms with E-state index in [0.717, 1.165) is 29.4 Å². The second-order valence-electron chi connectivity index (χ2n) is 4.67. The first-order chi connectivity index (χ1) is 9.65. The minimum Gasteiger partial charge on any atom is -0.493 e. The molecule has 0 radical (unpaired) electrons. The summed E-state index contributed by atoms with van der Waals surface area (Å²) in [5.41, 5.74) is 1.03. The molecule has 0 bridgehead atoms. The van der Waals surface area contributed by atoms with E-state index in [1.165, 1.54) is 0 Å². The Morgan fingerprint density at radius 3 is 2.70 bits per heavy atom. The van der Waals surface area contributed by atoms with Crippen molar-refractivity contribution in [1.29, 1.82) is 0 Å². The quantitative estimate of drug-likeness (QED) is 0.857. The molecule has 0 spiro atoms. The Labute approximate surface area is 127 Å². The minimum atomic E-state index is -0.122. The van der Waals surface area contributed by atoms with Gasteiger partial charge in [0.1, 0.15) is 0 Å². The van der Waals surface area contributed by atoms with Crippen LogP contribution in [0.1, 0.15) is 18.4 Å². The molecule has 1 aliphatic rings. The maximum atomic E-state index is 11.7. The third-order valence-corrected chi connectivity index (χ3v) is 4.11. The van der Waals surface area contributed by atoms with Gasteiger partial charge >= 0.3 is 0 Å². The van der Waals surface area contributed by atoms with Gasteiger partial charge in [-0.1, -0.05) is 15.9 Å². The van der Waals surface area contributed by atoms with Gasteiger partial charge in [-0.2, -0.15) is 0 Å². The molecule has 1 saturated heterocycles. The second kappa shape index (κ2) is 6.95. The van der Waals surface area contributed by atoms with Gasteiger partial charge in [0.15, 0.2) is 11.5 Å². The highest BCUT2D eigenvalue weighted by molar-refractivity contribution is 9.10. The third-order valence-electron chi connectivity index (χ3n) is 3.38. The van der Waals surface area contributed by atoms with E-state index in [4.69, 9.17) is 9.47 Å². The highest BCUT2D eigenvalue weighted by Crippen LogP contribution is 2.33. The van der Waals surface area contributed by atoms with Crippen molar-refractivity contribution in [3.05, 3.63) is 22.2 Å². The summed E-state index contributed by atoms with van der Waals surface area (Å²) in [7, 11) is 3.21. The van der Waals surface area contributed by atoms with Gasteiger partial charge in [-0.15, -0.1) is 0 Å². The van der Waals surface area contributed by atoms with Gasteiger partial charge < -0.3 is 20.1 Å². The summed E-state index contributed by atoms with van der Waals surface area (Å²) >= 11 is 3.52. The highest BCUT2D eigenvalue weighted by atomic mass is 79.9. The molecule has 1 atom stereocenters. The van der Waals surface area contributed by atoms with E-state index in [2.05, 4.69) is 26.6 Å². The van der Waals surface area contributed by atoms with Gasteiger partial charge in [-0.3, -0.25) is 4.79 Å². The zero-order valence-corrected chi connectivity index (χ0v) is 13.2. The van der Waals surface area contributed by atoms with E-state index in [0.29, 0.717) is 18.0 Å². The smallest absolute Gasteiger partial charge is 0.237 e. The fraction of sp³-hybridized carbons (Fsp3) is 0.500. The number of piperidine rings is 1. The van der Waals surface area contributed by atoms with Crippen LogP contribution in [0.15, 0.2) is 16.6 Å². The number of methoxy groups -OCH3 is 2. The largest absolute Gasteiger partial charge is 0.493 e. The molecule has 6 heteroatoms. The molecule has 0 aromatic heterocycles. The molecule has 1 aliphatic heterocycles. The van der Waals surface area contributed by atoms with Crippen molar-refractivity contribution < 1.29 is 14.3 Å². The monoisotopic (exact) mass is 342 g/mol. The zero-order chi connectivity index (χ0) is 14.5. The van der Waals surface area contributed by atoms with Crippen LogP contribution in [0.5, 0.6) is 11.5 Å². The summed E-state index contributed by atoms with van der Waals surface area (Å²) in [6.45, 7) is 1.37. The third kappa shape index (κ3) is 3.43. The van der Waals surface area contributed by atoms with E-state index in [-0.39, 0.29) is 11.9 Å². The van der Waals surface area contributed by atoms with Crippen molar-refractivity contribution in [2.75, 3.05) is 20.8 Å². The van der Waals surface area contributed by atoms with E-state index < -0.39 is 0 Å². The van der Waals surface area contributed by atoms with Crippen LogP contribution < -0.4 is 20.1 Å². The molecule has 0 unspecified atom stereocenters. The van der Waals surface area contributed by atoms with Crippen molar-refractivity contribution in [1.82, 2.24) is 10.6 Å². The number of benzene rings is 1. The molecule has 2 rings (SSSR count). The molecular formula is C14H19BrN2O3. The number of carbonyl (C=O) groups is 1. The number of amides is 1. The van der Waals surface area contributed by atoms with Crippen LogP contribution in [0.2, 0.25) is 0 Å². The molecule has 2 N–H and O–H groups in total. The van der Waals surface area contributed by atoms with Crippen molar-refractivity contribution in [2.24, 2.45) is 0 Å². The summed E-state index contributed by atoms with van der Waals surface area (Å²) < 4.78 is 11.5. The number of carbonyl (C=O) groups excluding carboxylic acids is 1. The lowest BCUT2D eigenvalue weighted by Gasteiger charge is -2.23. The summed E-state index contributed by atoms with van der Waals surface area (Å²) in [5, 5.41) is 6.14. The van der Waals surface area contributed by atoms with Gasteiger partial charge in [0.2, 0.25) is 5.91 Å². The topological polar surface area (TPSA) is 59.6 Å². The van der Waals surface area contributed by atoms with Crippen LogP contribution in [0, 0.1) is 0 Å². The number of halogens is 1. The molecule has 5 nitrogen and oxygen atoms in total. The molecule has 1 amide bonds. The molecular weight excluding hydrogens is 324 g/mol. The molecule has 0 saturated carbocycles. The second-order valence-corrected chi connectivity index (χ2v) is 5.52. The van der Waals surface area contributed by atoms with Crippen LogP contribution >= 0.6 is 15.9 Å².